The van der Waals surface area contributed by atoms with E-state index in [1.807, 2.05) is 0 Å². The lowest BCUT2D eigenvalue weighted by atomic mass is 10.3. The Labute approximate surface area is 104 Å². The van der Waals surface area contributed by atoms with E-state index in [1.54, 1.807) is 12.1 Å². The number of alkyl halides is 3. The maximum absolute atomic E-state index is 12.7. The van der Waals surface area contributed by atoms with E-state index in [0.717, 1.165) is 0 Å². The monoisotopic (exact) mass is 297 g/mol. The molecule has 1 aromatic heterocycles. The van der Waals surface area contributed by atoms with E-state index >= 15 is 0 Å². The molecule has 0 aliphatic rings. The summed E-state index contributed by atoms with van der Waals surface area (Å²) in [6.45, 7) is 0. The highest BCUT2D eigenvalue weighted by Gasteiger charge is 2.36. The van der Waals surface area contributed by atoms with Crippen LogP contribution in [0.1, 0.15) is 11.4 Å². The molecule has 11 heteroatoms. The molecule has 0 N–H and O–H groups in total. The zero-order chi connectivity index (χ0) is 15.3. The summed E-state index contributed by atoms with van der Waals surface area (Å²) in [5.41, 5.74) is -6.00. The first-order valence-corrected chi connectivity index (χ1v) is 5.49. The predicted octanol–water partition coefficient (Wildman–Crippen LogP) is 0.501. The van der Waals surface area contributed by atoms with Gasteiger partial charge in [-0.15, -0.1) is 0 Å². The van der Waals surface area contributed by atoms with E-state index in [1.165, 1.54) is 18.2 Å². The lowest BCUT2D eigenvalue weighted by Crippen LogP contribution is -2.30. The summed E-state index contributed by atoms with van der Waals surface area (Å²) in [7, 11) is -6.09. The maximum Gasteiger partial charge on any atom is 0.485 e. The van der Waals surface area contributed by atoms with Crippen molar-refractivity contribution >= 4 is 10.1 Å². The lowest BCUT2D eigenvalue weighted by Gasteiger charge is -2.08. The first-order valence-electron chi connectivity index (χ1n) is 4.08. The maximum atomic E-state index is 12.7. The molecule has 0 aliphatic carbocycles. The van der Waals surface area contributed by atoms with Crippen LogP contribution in [0.3, 0.4) is 0 Å². The minimum atomic E-state index is -6.09. The van der Waals surface area contributed by atoms with E-state index in [9.17, 15) is 17.7 Å². The highest BCUT2D eigenvalue weighted by atomic mass is 32.2. The van der Waals surface area contributed by atoms with E-state index in [2.05, 4.69) is 0 Å². The van der Waals surface area contributed by atoms with Gasteiger partial charge in [0.2, 0.25) is 0 Å². The van der Waals surface area contributed by atoms with Gasteiger partial charge >= 0.3 is 16.9 Å². The lowest BCUT2D eigenvalue weighted by molar-refractivity contribution is -0.847. The molecule has 0 saturated carbocycles. The van der Waals surface area contributed by atoms with Crippen LogP contribution in [0.2, 0.25) is 0 Å². The van der Waals surface area contributed by atoms with Crippen molar-refractivity contribution in [2.45, 2.75) is 5.51 Å². The third-order valence-electron chi connectivity index (χ3n) is 1.44. The van der Waals surface area contributed by atoms with Crippen molar-refractivity contribution in [2.24, 2.45) is 0 Å². The number of hydrogen-bond donors (Lipinski definition) is 0. The summed E-state index contributed by atoms with van der Waals surface area (Å²) in [4.78, 5) is 0.0556. The van der Waals surface area contributed by atoms with Gasteiger partial charge in [-0.1, -0.05) is 0 Å². The van der Waals surface area contributed by atoms with Gasteiger partial charge in [-0.25, -0.2) is 8.42 Å². The first-order chi connectivity index (χ1) is 8.54. The molecule has 0 bridgehead atoms. The van der Waals surface area contributed by atoms with E-state index in [-0.39, 0.29) is 16.2 Å². The molecule has 0 radical (unpaired) electrons. The number of aromatic nitrogens is 1. The number of hydrogen-bond acceptors (Lipinski definition) is 5. The molecule has 0 amide bonds. The van der Waals surface area contributed by atoms with E-state index in [0.29, 0.717) is 0 Å². The third-order valence-corrected chi connectivity index (χ3v) is 2.01. The molecule has 1 rings (SSSR count). The minimum Gasteiger partial charge on any atom is -0.741 e. The van der Waals surface area contributed by atoms with Gasteiger partial charge in [0.1, 0.15) is 0 Å². The molecule has 0 atom stereocenters. The van der Waals surface area contributed by atoms with Crippen molar-refractivity contribution in [2.75, 3.05) is 0 Å². The van der Waals surface area contributed by atoms with Gasteiger partial charge in [0.25, 0.3) is 0 Å². The number of halogens is 4. The topological polar surface area (TPSA) is 109 Å². The Morgan fingerprint density at radius 2 is 1.47 bits per heavy atom. The van der Waals surface area contributed by atoms with Gasteiger partial charge in [0.15, 0.2) is 22.3 Å². The smallest absolute Gasteiger partial charge is 0.485 e. The molecule has 0 aromatic carbocycles. The Balaban J connectivity index is 0.000000362. The SMILES string of the molecule is N#Cc1cccc(C#N)[n+]1F.O=S(=O)([O-])C(F)(F)F. The molecule has 0 unspecified atom stereocenters. The second-order valence-electron chi connectivity index (χ2n) is 2.70. The summed E-state index contributed by atoms with van der Waals surface area (Å²) in [5.74, 6) is 0. The van der Waals surface area contributed by atoms with Crippen LogP contribution >= 0.6 is 0 Å². The molecule has 0 aliphatic heterocycles. The average molecular weight is 297 g/mol. The van der Waals surface area contributed by atoms with Crippen molar-refractivity contribution < 1.29 is 35.4 Å². The predicted molar refractivity (Wildman–Crippen MR) is 48.3 cm³/mol. The normalized spacial score (nSPS) is 10.7. The van der Waals surface area contributed by atoms with Crippen molar-refractivity contribution in [3.8, 4) is 12.1 Å². The molecule has 1 aromatic rings. The van der Waals surface area contributed by atoms with Crippen molar-refractivity contribution in [3.63, 3.8) is 0 Å². The molecule has 1 heterocycles. The van der Waals surface area contributed by atoms with Crippen LogP contribution in [-0.2, 0) is 10.1 Å². The fraction of sp³-hybridized carbons (Fsp3) is 0.125. The van der Waals surface area contributed by atoms with E-state index in [4.69, 9.17) is 23.5 Å². The number of rotatable bonds is 0. The molecular weight excluding hydrogens is 294 g/mol. The molecule has 19 heavy (non-hydrogen) atoms. The fourth-order valence-corrected chi connectivity index (χ4v) is 0.653. The Hall–Kier alpha value is -2.24. The zero-order valence-electron chi connectivity index (χ0n) is 8.72. The zero-order valence-corrected chi connectivity index (χ0v) is 9.54. The van der Waals surface area contributed by atoms with Gasteiger partial charge in [0.05, 0.1) is 9.27 Å². The Bertz CT molecular complexity index is 610. The molecular formula is C8H3F4N3O3S. The molecule has 102 valence electrons. The summed E-state index contributed by atoms with van der Waals surface area (Å²) in [6, 6.07) is 7.25. The van der Waals surface area contributed by atoms with Crippen LogP contribution in [0, 0.1) is 22.7 Å². The average Bonchev–Trinajstić information content (AvgIpc) is 2.27. The first kappa shape index (κ1) is 16.8. The van der Waals surface area contributed by atoms with Crippen molar-refractivity contribution in [3.05, 3.63) is 29.6 Å². The van der Waals surface area contributed by atoms with Crippen LogP contribution in [0.15, 0.2) is 18.2 Å². The minimum absolute atomic E-state index is 0.0556. The Morgan fingerprint density at radius 1 is 1.16 bits per heavy atom. The third kappa shape index (κ3) is 4.87. The van der Waals surface area contributed by atoms with Crippen LogP contribution in [0.4, 0.5) is 17.7 Å². The second kappa shape index (κ2) is 6.08. The van der Waals surface area contributed by atoms with Crippen molar-refractivity contribution in [1.82, 2.24) is 0 Å². The second-order valence-corrected chi connectivity index (χ2v) is 4.07. The van der Waals surface area contributed by atoms with Crippen LogP contribution in [0.5, 0.6) is 0 Å². The van der Waals surface area contributed by atoms with Crippen LogP contribution in [0.25, 0.3) is 0 Å². The molecule has 0 saturated heterocycles. The van der Waals surface area contributed by atoms with Gasteiger partial charge in [-0.05, 0) is 6.07 Å². The largest absolute Gasteiger partial charge is 0.741 e. The molecule has 0 spiro atoms. The van der Waals surface area contributed by atoms with Gasteiger partial charge < -0.3 is 4.55 Å². The highest BCUT2D eigenvalue weighted by molar-refractivity contribution is 7.86. The summed E-state index contributed by atoms with van der Waals surface area (Å²) in [6.07, 6.45) is 0. The highest BCUT2D eigenvalue weighted by Crippen LogP contribution is 2.20. The summed E-state index contributed by atoms with van der Waals surface area (Å²) < 4.78 is 71.6. The number of nitrogens with zero attached hydrogens (tertiary/aromatic N) is 3. The van der Waals surface area contributed by atoms with Crippen LogP contribution < -0.4 is 4.79 Å². The van der Waals surface area contributed by atoms with Crippen molar-refractivity contribution in [1.29, 1.82) is 10.5 Å². The Kier molecular flexibility index (Phi) is 5.36. The van der Waals surface area contributed by atoms with Crippen LogP contribution in [-0.4, -0.2) is 18.5 Å². The van der Waals surface area contributed by atoms with E-state index < -0.39 is 15.6 Å². The number of nitriles is 2. The molecule has 6 nitrogen and oxygen atoms in total. The summed E-state index contributed by atoms with van der Waals surface area (Å²) in [5, 5.41) is 16.6. The Morgan fingerprint density at radius 3 is 1.68 bits per heavy atom. The summed E-state index contributed by atoms with van der Waals surface area (Å²) >= 11 is 0. The van der Waals surface area contributed by atoms with Gasteiger partial charge in [-0.3, -0.25) is 0 Å². The van der Waals surface area contributed by atoms with Gasteiger partial charge in [-0.2, -0.15) is 23.7 Å². The quantitative estimate of drug-likeness (QED) is 0.393. The standard InChI is InChI=1S/C7H3FN3.CHF3O3S/c8-11-6(4-9)2-1-3-7(11)5-10;2-1(3,4)8(5,6)7/h1-3H;(H,5,6,7)/q+1;/p-1. The fourth-order valence-electron chi connectivity index (χ4n) is 0.653. The molecule has 0 fully saturated rings. The number of pyridine rings is 1. The van der Waals surface area contributed by atoms with Gasteiger partial charge in [0, 0.05) is 12.1 Å².